The Kier molecular flexibility index (Phi) is 7.20. The number of nitrogens with one attached hydrogen (secondary N) is 2. The van der Waals surface area contributed by atoms with Gasteiger partial charge in [0.05, 0.1) is 23.1 Å². The van der Waals surface area contributed by atoms with Gasteiger partial charge in [0.1, 0.15) is 5.82 Å². The van der Waals surface area contributed by atoms with Crippen molar-refractivity contribution in [3.63, 3.8) is 0 Å². The van der Waals surface area contributed by atoms with E-state index in [1.165, 1.54) is 12.1 Å². The fraction of sp³-hybridized carbons (Fsp3) is 0.364. The van der Waals surface area contributed by atoms with Gasteiger partial charge in [-0.3, -0.25) is 9.59 Å². The number of rotatable bonds is 8. The van der Waals surface area contributed by atoms with E-state index in [9.17, 15) is 22.4 Å². The summed E-state index contributed by atoms with van der Waals surface area (Å²) in [7, 11) is -3.29. The molecule has 30 heavy (non-hydrogen) atoms. The first-order valence-electron chi connectivity index (χ1n) is 9.98. The van der Waals surface area contributed by atoms with Crippen LogP contribution in [-0.4, -0.2) is 31.2 Å². The van der Waals surface area contributed by atoms with E-state index in [-0.39, 0.29) is 41.1 Å². The van der Waals surface area contributed by atoms with Crippen molar-refractivity contribution in [3.05, 3.63) is 59.9 Å². The summed E-state index contributed by atoms with van der Waals surface area (Å²) in [4.78, 5) is 24.4. The molecule has 1 saturated carbocycles. The summed E-state index contributed by atoms with van der Waals surface area (Å²) >= 11 is 0. The molecule has 0 unspecified atom stereocenters. The van der Waals surface area contributed by atoms with E-state index in [2.05, 4.69) is 10.6 Å². The number of benzene rings is 2. The average Bonchev–Trinajstić information content (AvgIpc) is 3.26. The lowest BCUT2D eigenvalue weighted by atomic mass is 10.1. The molecule has 160 valence electrons. The van der Waals surface area contributed by atoms with Crippen LogP contribution >= 0.6 is 0 Å². The molecule has 2 amide bonds. The number of carbonyl (C=O) groups is 2. The van der Waals surface area contributed by atoms with Crippen LogP contribution in [0.4, 0.5) is 15.8 Å². The van der Waals surface area contributed by atoms with Crippen LogP contribution < -0.4 is 10.6 Å². The predicted octanol–water partition coefficient (Wildman–Crippen LogP) is 3.69. The predicted molar refractivity (Wildman–Crippen MR) is 114 cm³/mol. The van der Waals surface area contributed by atoms with Crippen LogP contribution in [-0.2, 0) is 25.8 Å². The maximum atomic E-state index is 14.1. The van der Waals surface area contributed by atoms with Crippen molar-refractivity contribution < 1.29 is 22.4 Å². The molecule has 2 N–H and O–H groups in total. The van der Waals surface area contributed by atoms with Crippen LogP contribution in [0.5, 0.6) is 0 Å². The monoisotopic (exact) mass is 432 g/mol. The first kappa shape index (κ1) is 22.0. The fourth-order valence-electron chi connectivity index (χ4n) is 3.55. The minimum absolute atomic E-state index is 0.0488. The molecule has 0 heterocycles. The first-order valence-corrected chi connectivity index (χ1v) is 11.7. The topological polar surface area (TPSA) is 92.3 Å². The third-order valence-corrected chi connectivity index (χ3v) is 7.42. The second kappa shape index (κ2) is 9.84. The molecule has 0 aliphatic heterocycles. The van der Waals surface area contributed by atoms with Gasteiger partial charge in [-0.1, -0.05) is 43.2 Å². The molecule has 0 atom stereocenters. The van der Waals surface area contributed by atoms with E-state index in [0.29, 0.717) is 12.8 Å². The zero-order chi connectivity index (χ0) is 21.6. The van der Waals surface area contributed by atoms with E-state index >= 15 is 0 Å². The van der Waals surface area contributed by atoms with Gasteiger partial charge in [0.2, 0.25) is 11.8 Å². The lowest BCUT2D eigenvalue weighted by Gasteiger charge is -2.12. The largest absolute Gasteiger partial charge is 0.326 e. The van der Waals surface area contributed by atoms with Gasteiger partial charge in [-0.2, -0.15) is 0 Å². The molecule has 0 spiro atoms. The standard InChI is InChI=1S/C22H25FN2O4S/c23-19-11-10-17(15-20(19)25-22(27)14-16-6-2-1-3-7-16)24-21(26)12-13-30(28,29)18-8-4-5-9-18/h1-3,6-7,10-11,15,18H,4-5,8-9,12-14H2,(H,24,26)(H,25,27). The summed E-state index contributed by atoms with van der Waals surface area (Å²) in [5.74, 6) is -1.68. The number of anilines is 2. The van der Waals surface area contributed by atoms with Crippen molar-refractivity contribution in [2.24, 2.45) is 0 Å². The Labute approximate surface area is 175 Å². The van der Waals surface area contributed by atoms with Crippen LogP contribution in [0.1, 0.15) is 37.7 Å². The van der Waals surface area contributed by atoms with Gasteiger partial charge in [0, 0.05) is 12.1 Å². The Morgan fingerprint density at radius 1 is 0.967 bits per heavy atom. The number of hydrogen-bond acceptors (Lipinski definition) is 4. The summed E-state index contributed by atoms with van der Waals surface area (Å²) < 4.78 is 38.6. The van der Waals surface area contributed by atoms with Crippen molar-refractivity contribution >= 4 is 33.0 Å². The summed E-state index contributed by atoms with van der Waals surface area (Å²) in [5.41, 5.74) is 1.03. The van der Waals surface area contributed by atoms with Gasteiger partial charge < -0.3 is 10.6 Å². The molecule has 8 heteroatoms. The summed E-state index contributed by atoms with van der Waals surface area (Å²) in [6, 6.07) is 12.9. The quantitative estimate of drug-likeness (QED) is 0.665. The van der Waals surface area contributed by atoms with Crippen LogP contribution in [0.2, 0.25) is 0 Å². The molecule has 1 aliphatic carbocycles. The molecule has 0 aromatic heterocycles. The zero-order valence-electron chi connectivity index (χ0n) is 16.6. The van der Waals surface area contributed by atoms with E-state index in [1.807, 2.05) is 18.2 Å². The van der Waals surface area contributed by atoms with Gasteiger partial charge in [-0.15, -0.1) is 0 Å². The molecule has 1 fully saturated rings. The van der Waals surface area contributed by atoms with Crippen LogP contribution in [0.3, 0.4) is 0 Å². The second-order valence-corrected chi connectivity index (χ2v) is 9.88. The highest BCUT2D eigenvalue weighted by atomic mass is 32.2. The van der Waals surface area contributed by atoms with Crippen molar-refractivity contribution in [1.82, 2.24) is 0 Å². The minimum Gasteiger partial charge on any atom is -0.326 e. The van der Waals surface area contributed by atoms with E-state index in [0.717, 1.165) is 24.5 Å². The van der Waals surface area contributed by atoms with Gasteiger partial charge in [-0.25, -0.2) is 12.8 Å². The summed E-state index contributed by atoms with van der Waals surface area (Å²) in [5, 5.41) is 4.73. The summed E-state index contributed by atoms with van der Waals surface area (Å²) in [6.07, 6.45) is 3.07. The maximum absolute atomic E-state index is 14.1. The van der Waals surface area contributed by atoms with Crippen molar-refractivity contribution in [3.8, 4) is 0 Å². The van der Waals surface area contributed by atoms with Crippen molar-refractivity contribution in [2.75, 3.05) is 16.4 Å². The van der Waals surface area contributed by atoms with Gasteiger partial charge in [0.15, 0.2) is 9.84 Å². The number of amides is 2. The van der Waals surface area contributed by atoms with Gasteiger partial charge in [-0.05, 0) is 36.6 Å². The lowest BCUT2D eigenvalue weighted by molar-refractivity contribution is -0.116. The van der Waals surface area contributed by atoms with E-state index in [1.54, 1.807) is 12.1 Å². The van der Waals surface area contributed by atoms with Crippen LogP contribution in [0, 0.1) is 5.82 Å². The molecule has 2 aromatic rings. The van der Waals surface area contributed by atoms with Gasteiger partial charge >= 0.3 is 0 Å². The molecule has 1 aliphatic rings. The third kappa shape index (κ3) is 6.13. The normalized spacial score (nSPS) is 14.4. The highest BCUT2D eigenvalue weighted by Crippen LogP contribution is 2.26. The smallest absolute Gasteiger partial charge is 0.228 e. The lowest BCUT2D eigenvalue weighted by Crippen LogP contribution is -2.24. The van der Waals surface area contributed by atoms with E-state index in [4.69, 9.17) is 0 Å². The van der Waals surface area contributed by atoms with Crippen LogP contribution in [0.25, 0.3) is 0 Å². The minimum atomic E-state index is -3.29. The Morgan fingerprint density at radius 2 is 1.67 bits per heavy atom. The number of halogens is 1. The van der Waals surface area contributed by atoms with Crippen molar-refractivity contribution in [1.29, 1.82) is 0 Å². The Bertz CT molecular complexity index is 1000. The van der Waals surface area contributed by atoms with E-state index < -0.39 is 21.6 Å². The molecule has 3 rings (SSSR count). The highest BCUT2D eigenvalue weighted by molar-refractivity contribution is 7.92. The molecule has 0 radical (unpaired) electrons. The molecular formula is C22H25FN2O4S. The van der Waals surface area contributed by atoms with Crippen LogP contribution in [0.15, 0.2) is 48.5 Å². The number of carbonyl (C=O) groups excluding carboxylic acids is 2. The molecule has 0 saturated heterocycles. The van der Waals surface area contributed by atoms with Gasteiger partial charge in [0.25, 0.3) is 0 Å². The number of hydrogen-bond donors (Lipinski definition) is 2. The molecule has 6 nitrogen and oxygen atoms in total. The SMILES string of the molecule is O=C(CCS(=O)(=O)C1CCCC1)Nc1ccc(F)c(NC(=O)Cc2ccccc2)c1. The second-order valence-electron chi connectivity index (χ2n) is 7.48. The number of sulfone groups is 1. The molecule has 2 aromatic carbocycles. The first-order chi connectivity index (χ1) is 14.3. The Hall–Kier alpha value is -2.74. The fourth-order valence-corrected chi connectivity index (χ4v) is 5.40. The highest BCUT2D eigenvalue weighted by Gasteiger charge is 2.28. The maximum Gasteiger partial charge on any atom is 0.228 e. The van der Waals surface area contributed by atoms with Crippen molar-refractivity contribution in [2.45, 2.75) is 43.8 Å². The zero-order valence-corrected chi connectivity index (χ0v) is 17.4. The Balaban J connectivity index is 1.56. The summed E-state index contributed by atoms with van der Waals surface area (Å²) in [6.45, 7) is 0. The Morgan fingerprint density at radius 3 is 2.37 bits per heavy atom. The average molecular weight is 433 g/mol. The molecular weight excluding hydrogens is 407 g/mol. The molecule has 0 bridgehead atoms. The third-order valence-electron chi connectivity index (χ3n) is 5.16.